The Morgan fingerprint density at radius 3 is 2.86 bits per heavy atom. The van der Waals surface area contributed by atoms with Crippen LogP contribution in [0, 0.1) is 0 Å². The smallest absolute Gasteiger partial charge is 0.334 e. The van der Waals surface area contributed by atoms with Crippen LogP contribution in [0.25, 0.3) is 0 Å². The number of likely N-dealkylation sites (tertiary alicyclic amines) is 1. The molecule has 1 amide bonds. The van der Waals surface area contributed by atoms with Crippen LogP contribution in [0.4, 0.5) is 0 Å². The maximum atomic E-state index is 12.4. The Morgan fingerprint density at radius 1 is 1.27 bits per heavy atom. The fourth-order valence-corrected chi connectivity index (χ4v) is 3.37. The number of carbonyl (C=O) groups is 2. The first-order valence-corrected chi connectivity index (χ1v) is 8.22. The predicted molar refractivity (Wildman–Crippen MR) is 85.5 cm³/mol. The third-order valence-electron chi connectivity index (χ3n) is 3.53. The van der Waals surface area contributed by atoms with E-state index in [0.29, 0.717) is 28.6 Å². The van der Waals surface area contributed by atoms with E-state index >= 15 is 0 Å². The van der Waals surface area contributed by atoms with Crippen LogP contribution in [0.1, 0.15) is 22.5 Å². The molecular weight excluding hydrogens is 322 g/mol. The van der Waals surface area contributed by atoms with E-state index in [1.54, 1.807) is 35.2 Å². The number of benzene rings is 1. The molecule has 0 bridgehead atoms. The standard InChI is InChI=1S/C16H14ClNO3S/c17-11-4-1-5-12(10-11)21-16(20)13-6-2-8-18(13)15(19)14-7-3-9-22-14/h1,3-5,7,9-10,13H,2,6,8H2. The number of halogens is 1. The number of nitrogens with zero attached hydrogens (tertiary/aromatic N) is 1. The molecule has 0 radical (unpaired) electrons. The fraction of sp³-hybridized carbons (Fsp3) is 0.250. The second-order valence-electron chi connectivity index (χ2n) is 5.01. The van der Waals surface area contributed by atoms with Crippen molar-refractivity contribution in [1.82, 2.24) is 4.90 Å². The van der Waals surface area contributed by atoms with Crippen molar-refractivity contribution in [3.05, 3.63) is 51.7 Å². The molecule has 114 valence electrons. The molecule has 1 aromatic carbocycles. The van der Waals surface area contributed by atoms with Crippen LogP contribution < -0.4 is 4.74 Å². The van der Waals surface area contributed by atoms with Gasteiger partial charge in [-0.3, -0.25) is 4.79 Å². The summed E-state index contributed by atoms with van der Waals surface area (Å²) in [7, 11) is 0. The van der Waals surface area contributed by atoms with Crippen LogP contribution in [0.15, 0.2) is 41.8 Å². The van der Waals surface area contributed by atoms with Crippen LogP contribution in [0.2, 0.25) is 5.02 Å². The summed E-state index contributed by atoms with van der Waals surface area (Å²) in [5.74, 6) is -0.127. The first-order chi connectivity index (χ1) is 10.6. The van der Waals surface area contributed by atoms with Gasteiger partial charge < -0.3 is 9.64 Å². The summed E-state index contributed by atoms with van der Waals surface area (Å²) in [5, 5.41) is 2.35. The first kappa shape index (κ1) is 15.1. The van der Waals surface area contributed by atoms with E-state index in [-0.39, 0.29) is 5.91 Å². The van der Waals surface area contributed by atoms with Gasteiger partial charge in [-0.15, -0.1) is 11.3 Å². The Balaban J connectivity index is 1.72. The number of thiophene rings is 1. The summed E-state index contributed by atoms with van der Waals surface area (Å²) < 4.78 is 5.36. The van der Waals surface area contributed by atoms with Crippen LogP contribution in [-0.4, -0.2) is 29.4 Å². The highest BCUT2D eigenvalue weighted by Gasteiger charge is 2.36. The lowest BCUT2D eigenvalue weighted by molar-refractivity contribution is -0.138. The highest BCUT2D eigenvalue weighted by molar-refractivity contribution is 7.12. The van der Waals surface area contributed by atoms with Crippen molar-refractivity contribution in [3.63, 3.8) is 0 Å². The van der Waals surface area contributed by atoms with E-state index in [9.17, 15) is 9.59 Å². The normalized spacial score (nSPS) is 17.5. The van der Waals surface area contributed by atoms with E-state index in [2.05, 4.69) is 0 Å². The van der Waals surface area contributed by atoms with Crippen molar-refractivity contribution < 1.29 is 14.3 Å². The molecule has 1 unspecified atom stereocenters. The zero-order valence-corrected chi connectivity index (χ0v) is 13.3. The summed E-state index contributed by atoms with van der Waals surface area (Å²) in [6, 6.07) is 9.74. The van der Waals surface area contributed by atoms with Crippen molar-refractivity contribution >= 4 is 34.8 Å². The van der Waals surface area contributed by atoms with Crippen LogP contribution in [0.5, 0.6) is 5.75 Å². The number of hydrogen-bond acceptors (Lipinski definition) is 4. The van der Waals surface area contributed by atoms with Gasteiger partial charge in [-0.05, 0) is 42.5 Å². The second-order valence-corrected chi connectivity index (χ2v) is 6.40. The Bertz CT molecular complexity index is 686. The molecule has 1 aliphatic rings. The minimum absolute atomic E-state index is 0.111. The van der Waals surface area contributed by atoms with Gasteiger partial charge in [0, 0.05) is 11.6 Å². The topological polar surface area (TPSA) is 46.6 Å². The second kappa shape index (κ2) is 6.50. The molecule has 2 heterocycles. The molecule has 1 fully saturated rings. The van der Waals surface area contributed by atoms with Crippen LogP contribution in [-0.2, 0) is 4.79 Å². The van der Waals surface area contributed by atoms with Crippen LogP contribution >= 0.6 is 22.9 Å². The van der Waals surface area contributed by atoms with E-state index in [1.165, 1.54) is 11.3 Å². The summed E-state index contributed by atoms with van der Waals surface area (Å²) >= 11 is 7.26. The zero-order chi connectivity index (χ0) is 15.5. The Hall–Kier alpha value is -1.85. The Labute approximate surface area is 137 Å². The molecule has 2 aromatic rings. The molecule has 6 heteroatoms. The molecule has 0 saturated carbocycles. The molecule has 3 rings (SSSR count). The molecule has 1 aliphatic heterocycles. The molecule has 4 nitrogen and oxygen atoms in total. The fourth-order valence-electron chi connectivity index (χ4n) is 2.51. The Kier molecular flexibility index (Phi) is 4.45. The number of amides is 1. The third-order valence-corrected chi connectivity index (χ3v) is 4.63. The molecular formula is C16H14ClNO3S. The van der Waals surface area contributed by atoms with E-state index < -0.39 is 12.0 Å². The highest BCUT2D eigenvalue weighted by atomic mass is 35.5. The third kappa shape index (κ3) is 3.15. The molecule has 22 heavy (non-hydrogen) atoms. The molecule has 1 saturated heterocycles. The molecule has 0 N–H and O–H groups in total. The molecule has 1 aromatic heterocycles. The maximum absolute atomic E-state index is 12.4. The minimum Gasteiger partial charge on any atom is -0.425 e. The van der Waals surface area contributed by atoms with Crippen molar-refractivity contribution in [3.8, 4) is 5.75 Å². The maximum Gasteiger partial charge on any atom is 0.334 e. The lowest BCUT2D eigenvalue weighted by Gasteiger charge is -2.22. The van der Waals surface area contributed by atoms with E-state index in [4.69, 9.17) is 16.3 Å². The molecule has 1 atom stereocenters. The summed E-state index contributed by atoms with van der Waals surface area (Å²) in [6.45, 7) is 0.575. The molecule has 0 aliphatic carbocycles. The average Bonchev–Trinajstić information content (AvgIpc) is 3.18. The summed E-state index contributed by atoms with van der Waals surface area (Å²) in [4.78, 5) is 27.0. The van der Waals surface area contributed by atoms with Crippen molar-refractivity contribution in [2.45, 2.75) is 18.9 Å². The average molecular weight is 336 g/mol. The van der Waals surface area contributed by atoms with Crippen LogP contribution in [0.3, 0.4) is 0 Å². The van der Waals surface area contributed by atoms with Gasteiger partial charge in [0.05, 0.1) is 4.88 Å². The highest BCUT2D eigenvalue weighted by Crippen LogP contribution is 2.24. The summed E-state index contributed by atoms with van der Waals surface area (Å²) in [5.41, 5.74) is 0. The van der Waals surface area contributed by atoms with Crippen molar-refractivity contribution in [2.75, 3.05) is 6.54 Å². The number of ether oxygens (including phenoxy) is 1. The van der Waals surface area contributed by atoms with Gasteiger partial charge in [-0.1, -0.05) is 23.7 Å². The van der Waals surface area contributed by atoms with Gasteiger partial charge in [-0.2, -0.15) is 0 Å². The first-order valence-electron chi connectivity index (χ1n) is 6.97. The molecule has 0 spiro atoms. The van der Waals surface area contributed by atoms with Gasteiger partial charge in [-0.25, -0.2) is 4.79 Å². The number of hydrogen-bond donors (Lipinski definition) is 0. The van der Waals surface area contributed by atoms with Gasteiger partial charge in [0.1, 0.15) is 11.8 Å². The number of carbonyl (C=O) groups excluding carboxylic acids is 2. The SMILES string of the molecule is O=C(Oc1cccc(Cl)c1)C1CCCN1C(=O)c1cccs1. The lowest BCUT2D eigenvalue weighted by atomic mass is 10.2. The largest absolute Gasteiger partial charge is 0.425 e. The zero-order valence-electron chi connectivity index (χ0n) is 11.7. The monoisotopic (exact) mass is 335 g/mol. The number of esters is 1. The lowest BCUT2D eigenvalue weighted by Crippen LogP contribution is -2.42. The quantitative estimate of drug-likeness (QED) is 0.636. The number of rotatable bonds is 3. The van der Waals surface area contributed by atoms with E-state index in [0.717, 1.165) is 6.42 Å². The Morgan fingerprint density at radius 2 is 2.14 bits per heavy atom. The van der Waals surface area contributed by atoms with E-state index in [1.807, 2.05) is 11.4 Å². The minimum atomic E-state index is -0.534. The van der Waals surface area contributed by atoms with Gasteiger partial charge in [0.25, 0.3) is 5.91 Å². The van der Waals surface area contributed by atoms with Gasteiger partial charge in [0.2, 0.25) is 0 Å². The van der Waals surface area contributed by atoms with Gasteiger partial charge >= 0.3 is 5.97 Å². The van der Waals surface area contributed by atoms with Crippen molar-refractivity contribution in [2.24, 2.45) is 0 Å². The predicted octanol–water partition coefficient (Wildman–Crippen LogP) is 3.61. The summed E-state index contributed by atoms with van der Waals surface area (Å²) in [6.07, 6.45) is 1.42. The van der Waals surface area contributed by atoms with Gasteiger partial charge in [0.15, 0.2) is 0 Å². The van der Waals surface area contributed by atoms with Crippen molar-refractivity contribution in [1.29, 1.82) is 0 Å².